The van der Waals surface area contributed by atoms with E-state index in [0.717, 1.165) is 6.54 Å². The predicted molar refractivity (Wildman–Crippen MR) is 117 cm³/mol. The Kier molecular flexibility index (Phi) is 38.9. The van der Waals surface area contributed by atoms with Crippen molar-refractivity contribution in [3.63, 3.8) is 0 Å². The summed E-state index contributed by atoms with van der Waals surface area (Å²) in [6.07, 6.45) is 5.13. The molecule has 0 aliphatic rings. The molecule has 0 radical (unpaired) electrons. The first-order valence-electron chi connectivity index (χ1n) is 10.1. The van der Waals surface area contributed by atoms with Crippen molar-refractivity contribution < 1.29 is 0 Å². The van der Waals surface area contributed by atoms with E-state index in [0.29, 0.717) is 5.41 Å². The molecule has 1 heteroatoms. The van der Waals surface area contributed by atoms with Crippen LogP contribution in [0.2, 0.25) is 0 Å². The Balaban J connectivity index is -0.000000110. The van der Waals surface area contributed by atoms with Gasteiger partial charge in [0.15, 0.2) is 0 Å². The van der Waals surface area contributed by atoms with Crippen LogP contribution in [0.3, 0.4) is 0 Å². The van der Waals surface area contributed by atoms with E-state index in [2.05, 4.69) is 60.7 Å². The van der Waals surface area contributed by atoms with E-state index in [1.807, 2.05) is 50.2 Å². The van der Waals surface area contributed by atoms with E-state index >= 15 is 0 Å². The molecule has 1 aromatic rings. The summed E-state index contributed by atoms with van der Waals surface area (Å²) in [5.74, 6) is 0. The normalized spacial score (nSPS) is 8.75. The van der Waals surface area contributed by atoms with Gasteiger partial charge in [0.25, 0.3) is 0 Å². The zero-order chi connectivity index (χ0) is 19.7. The summed E-state index contributed by atoms with van der Waals surface area (Å²) in [6, 6.07) is 12.0. The molecule has 146 valence electrons. The first kappa shape index (κ1) is 31.0. The Morgan fingerprint density at radius 3 is 1.17 bits per heavy atom. The van der Waals surface area contributed by atoms with Crippen LogP contribution in [0.5, 0.6) is 0 Å². The molecule has 0 unspecified atom stereocenters. The third-order valence-electron chi connectivity index (χ3n) is 2.68. The highest BCUT2D eigenvalue weighted by atomic mass is 14.8. The Bertz CT molecular complexity index is 218. The molecule has 0 atom stereocenters. The van der Waals surface area contributed by atoms with Gasteiger partial charge in [0.05, 0.1) is 0 Å². The minimum atomic E-state index is 0.542. The number of benzene rings is 1. The molecule has 1 N–H and O–H groups in total. The molecule has 0 spiro atoms. The highest BCUT2D eigenvalue weighted by molar-refractivity contribution is 4.99. The molecule has 1 nitrogen and oxygen atoms in total. The van der Waals surface area contributed by atoms with Gasteiger partial charge >= 0.3 is 0 Å². The molecule has 0 heterocycles. The fourth-order valence-corrected chi connectivity index (χ4v) is 0.863. The lowest BCUT2D eigenvalue weighted by molar-refractivity contribution is 0.398. The van der Waals surface area contributed by atoms with E-state index in [4.69, 9.17) is 0 Å². The first-order valence-corrected chi connectivity index (χ1v) is 10.1. The number of hydrogen-bond acceptors (Lipinski definition) is 1. The highest BCUT2D eigenvalue weighted by Gasteiger charge is 2.03. The molecule has 0 fully saturated rings. The Hall–Kier alpha value is -0.820. The molecule has 0 aliphatic heterocycles. The fraction of sp³-hybridized carbons (Fsp3) is 0.739. The lowest BCUT2D eigenvalue weighted by atomic mass is 9.94. The van der Waals surface area contributed by atoms with E-state index in [9.17, 15) is 0 Å². The molecular formula is C23H49N. The predicted octanol–water partition coefficient (Wildman–Crippen LogP) is 7.97. The molecule has 1 rings (SSSR count). The quantitative estimate of drug-likeness (QED) is 0.548. The van der Waals surface area contributed by atoms with Crippen LogP contribution < -0.4 is 5.32 Å². The van der Waals surface area contributed by atoms with Crippen molar-refractivity contribution in [1.82, 2.24) is 5.32 Å². The second-order valence-electron chi connectivity index (χ2n) is 6.48. The number of nitrogens with one attached hydrogen (secondary N) is 1. The van der Waals surface area contributed by atoms with Crippen LogP contribution in [0.4, 0.5) is 0 Å². The largest absolute Gasteiger partial charge is 0.317 e. The van der Waals surface area contributed by atoms with E-state index in [1.165, 1.54) is 32.2 Å². The first-order chi connectivity index (χ1) is 11.4. The maximum Gasteiger partial charge on any atom is -0.00491 e. The summed E-state index contributed by atoms with van der Waals surface area (Å²) in [5.41, 5.74) is 0.542. The Morgan fingerprint density at radius 2 is 1.00 bits per heavy atom. The fourth-order valence-electron chi connectivity index (χ4n) is 0.863. The summed E-state index contributed by atoms with van der Waals surface area (Å²) in [6.45, 7) is 23.8. The molecule has 0 aliphatic carbocycles. The van der Waals surface area contributed by atoms with Gasteiger partial charge < -0.3 is 5.32 Å². The van der Waals surface area contributed by atoms with Crippen molar-refractivity contribution in [2.24, 2.45) is 5.41 Å². The zero-order valence-corrected chi connectivity index (χ0v) is 18.7. The SMILES string of the molecule is CC.CCC.CCC(C)(C)C.CCCCNCC.c1ccccc1. The Morgan fingerprint density at radius 1 is 0.708 bits per heavy atom. The number of hydrogen-bond donors (Lipinski definition) is 1. The van der Waals surface area contributed by atoms with Gasteiger partial charge in [-0.15, -0.1) is 0 Å². The van der Waals surface area contributed by atoms with Crippen molar-refractivity contribution in [2.75, 3.05) is 13.1 Å². The summed E-state index contributed by atoms with van der Waals surface area (Å²) in [7, 11) is 0. The van der Waals surface area contributed by atoms with Crippen LogP contribution in [-0.4, -0.2) is 13.1 Å². The van der Waals surface area contributed by atoms with Gasteiger partial charge in [-0.25, -0.2) is 0 Å². The molecular weight excluding hydrogens is 290 g/mol. The molecule has 0 saturated heterocycles. The molecule has 0 amide bonds. The maximum atomic E-state index is 3.25. The number of rotatable bonds is 4. The van der Waals surface area contributed by atoms with Gasteiger partial charge in [-0.2, -0.15) is 0 Å². The third-order valence-corrected chi connectivity index (χ3v) is 2.68. The van der Waals surface area contributed by atoms with Crippen LogP contribution in [0.1, 0.15) is 94.9 Å². The van der Waals surface area contributed by atoms with E-state index in [1.54, 1.807) is 0 Å². The summed E-state index contributed by atoms with van der Waals surface area (Å²) in [4.78, 5) is 0. The molecule has 0 saturated carbocycles. The average molecular weight is 340 g/mol. The minimum Gasteiger partial charge on any atom is -0.317 e. The standard InChI is InChI=1S/C6H15N.C6H6.C6H14.C3H8.C2H6/c1-3-5-6-7-4-2;1-2-4-6-5-3-1;1-5-6(2,3)4;1-3-2;1-2/h7H,3-6H2,1-2H3;1-6H;5H2,1-4H3;3H2,1-2H3;1-2H3. The second kappa shape index (κ2) is 30.1. The topological polar surface area (TPSA) is 12.0 Å². The highest BCUT2D eigenvalue weighted by Crippen LogP contribution is 2.16. The average Bonchev–Trinajstić information content (AvgIpc) is 2.60. The van der Waals surface area contributed by atoms with Crippen molar-refractivity contribution in [3.05, 3.63) is 36.4 Å². The summed E-state index contributed by atoms with van der Waals surface area (Å²) in [5, 5.41) is 3.25. The maximum absolute atomic E-state index is 3.25. The monoisotopic (exact) mass is 339 g/mol. The van der Waals surface area contributed by atoms with E-state index < -0.39 is 0 Å². The second-order valence-corrected chi connectivity index (χ2v) is 6.48. The van der Waals surface area contributed by atoms with Gasteiger partial charge in [0.1, 0.15) is 0 Å². The van der Waals surface area contributed by atoms with Gasteiger partial charge in [-0.1, -0.05) is 125 Å². The van der Waals surface area contributed by atoms with Crippen molar-refractivity contribution in [2.45, 2.75) is 94.9 Å². The third kappa shape index (κ3) is 58.1. The van der Waals surface area contributed by atoms with Gasteiger partial charge in [0.2, 0.25) is 0 Å². The zero-order valence-electron chi connectivity index (χ0n) is 18.7. The van der Waals surface area contributed by atoms with Crippen molar-refractivity contribution in [3.8, 4) is 0 Å². The van der Waals surface area contributed by atoms with Crippen LogP contribution >= 0.6 is 0 Å². The van der Waals surface area contributed by atoms with E-state index in [-0.39, 0.29) is 0 Å². The van der Waals surface area contributed by atoms with Crippen LogP contribution in [0, 0.1) is 5.41 Å². The van der Waals surface area contributed by atoms with Crippen LogP contribution in [0.15, 0.2) is 36.4 Å². The van der Waals surface area contributed by atoms with Gasteiger partial charge in [-0.05, 0) is 24.9 Å². The summed E-state index contributed by atoms with van der Waals surface area (Å²) < 4.78 is 0. The van der Waals surface area contributed by atoms with Crippen LogP contribution in [0.25, 0.3) is 0 Å². The lowest BCUT2D eigenvalue weighted by Crippen LogP contribution is -2.13. The smallest absolute Gasteiger partial charge is 0.00491 e. The molecule has 0 bridgehead atoms. The van der Waals surface area contributed by atoms with Crippen LogP contribution in [-0.2, 0) is 0 Å². The summed E-state index contributed by atoms with van der Waals surface area (Å²) >= 11 is 0. The lowest BCUT2D eigenvalue weighted by Gasteiger charge is -2.12. The van der Waals surface area contributed by atoms with Crippen molar-refractivity contribution >= 4 is 0 Å². The van der Waals surface area contributed by atoms with Gasteiger partial charge in [-0.3, -0.25) is 0 Å². The van der Waals surface area contributed by atoms with Gasteiger partial charge in [0, 0.05) is 0 Å². The van der Waals surface area contributed by atoms with Crippen molar-refractivity contribution in [1.29, 1.82) is 0 Å². The molecule has 1 aromatic carbocycles. The minimum absolute atomic E-state index is 0.542. The number of unbranched alkanes of at least 4 members (excludes halogenated alkanes) is 1. The Labute approximate surface area is 155 Å². The molecule has 0 aromatic heterocycles. The molecule has 24 heavy (non-hydrogen) atoms.